The highest BCUT2D eigenvalue weighted by atomic mass is 35.5. The lowest BCUT2D eigenvalue weighted by atomic mass is 10.1. The minimum Gasteiger partial charge on any atom is -0.455 e. The Morgan fingerprint density at radius 1 is 0.511 bits per heavy atom. The van der Waals surface area contributed by atoms with Crippen molar-refractivity contribution in [2.75, 3.05) is 19.7 Å². The second-order valence-electron chi connectivity index (χ2n) is 13.4. The molecule has 0 aromatic carbocycles. The highest BCUT2D eigenvalue weighted by Gasteiger charge is 2.13. The van der Waals surface area contributed by atoms with E-state index in [1.54, 1.807) is 0 Å². The summed E-state index contributed by atoms with van der Waals surface area (Å²) in [5, 5.41) is 0. The van der Waals surface area contributed by atoms with Crippen molar-refractivity contribution >= 4 is 23.3 Å². The van der Waals surface area contributed by atoms with Gasteiger partial charge in [0, 0.05) is 12.8 Å². The number of hydrogen-bond donors (Lipinski definition) is 0. The predicted octanol–water partition coefficient (Wildman–Crippen LogP) is 13.7. The Morgan fingerprint density at radius 2 is 0.844 bits per heavy atom. The molecule has 4 heteroatoms. The highest BCUT2D eigenvalue weighted by Crippen LogP contribution is 2.13. The number of hydrogen-bond acceptors (Lipinski definition) is 2. The van der Waals surface area contributed by atoms with Gasteiger partial charge < -0.3 is 4.74 Å². The van der Waals surface area contributed by atoms with Crippen molar-refractivity contribution in [3.05, 3.63) is 24.3 Å². The fourth-order valence-corrected chi connectivity index (χ4v) is 5.96. The van der Waals surface area contributed by atoms with Crippen LogP contribution in [0.3, 0.4) is 0 Å². The predicted molar refractivity (Wildman–Crippen MR) is 201 cm³/mol. The summed E-state index contributed by atoms with van der Waals surface area (Å²) in [6.45, 7) is 4.94. The van der Waals surface area contributed by atoms with E-state index in [2.05, 4.69) is 38.2 Å². The van der Waals surface area contributed by atoms with Crippen molar-refractivity contribution in [2.24, 2.45) is 0 Å². The largest absolute Gasteiger partial charge is 0.455 e. The summed E-state index contributed by atoms with van der Waals surface area (Å²) in [6, 6.07) is 0.439. The number of rotatable bonds is 35. The summed E-state index contributed by atoms with van der Waals surface area (Å²) in [5.41, 5.74) is 1.15. The van der Waals surface area contributed by atoms with Gasteiger partial charge in [-0.05, 0) is 64.2 Å². The Morgan fingerprint density at radius 3 is 1.22 bits per heavy atom. The lowest BCUT2D eigenvalue weighted by molar-refractivity contribution is -0.480. The van der Waals surface area contributed by atoms with Crippen molar-refractivity contribution < 1.29 is 14.1 Å². The van der Waals surface area contributed by atoms with Gasteiger partial charge in [-0.2, -0.15) is 0 Å². The van der Waals surface area contributed by atoms with Crippen molar-refractivity contribution in [1.29, 1.82) is 0 Å². The maximum absolute atomic E-state index is 12.3. The van der Waals surface area contributed by atoms with E-state index in [4.69, 9.17) is 16.3 Å². The van der Waals surface area contributed by atoms with E-state index >= 15 is 0 Å². The van der Waals surface area contributed by atoms with Gasteiger partial charge in [0.25, 0.3) is 0 Å². The second-order valence-corrected chi connectivity index (χ2v) is 13.7. The molecular weight excluding hydrogens is 574 g/mol. The Kier molecular flexibility index (Phi) is 36.5. The van der Waals surface area contributed by atoms with Gasteiger partial charge in [0.1, 0.15) is 7.05 Å². The maximum Gasteiger partial charge on any atom is 0.306 e. The average Bonchev–Trinajstić information content (AvgIpc) is 3.05. The van der Waals surface area contributed by atoms with Crippen LogP contribution in [0, 0.1) is 0 Å². The van der Waals surface area contributed by atoms with Crippen LogP contribution >= 0.6 is 11.6 Å². The first kappa shape index (κ1) is 43.9. The van der Waals surface area contributed by atoms with E-state index in [0.717, 1.165) is 31.4 Å². The molecule has 0 N–H and O–H groups in total. The van der Waals surface area contributed by atoms with E-state index in [9.17, 15) is 4.79 Å². The third-order valence-electron chi connectivity index (χ3n) is 8.99. The molecule has 0 aliphatic rings. The van der Waals surface area contributed by atoms with Crippen LogP contribution in [0.25, 0.3) is 0 Å². The van der Waals surface area contributed by atoms with Crippen LogP contribution in [0.5, 0.6) is 0 Å². The molecular formula is C41H77ClNO2+. The van der Waals surface area contributed by atoms with Crippen LogP contribution in [0.2, 0.25) is 0 Å². The SMILES string of the molecule is CCCCCCCC/C=C/CCCCCCCCC/C(COC(=O)CCCCCCC/C=C/CCCCCCCC)=[N+](\C)CCl. The second kappa shape index (κ2) is 37.4. The molecule has 0 saturated heterocycles. The molecule has 0 atom stereocenters. The van der Waals surface area contributed by atoms with Crippen molar-refractivity contribution in [2.45, 2.75) is 206 Å². The summed E-state index contributed by atoms with van der Waals surface area (Å²) in [5.74, 6) is -0.0645. The Bertz CT molecular complexity index is 714. The molecule has 45 heavy (non-hydrogen) atoms. The molecule has 0 rings (SSSR count). The van der Waals surface area contributed by atoms with E-state index in [-0.39, 0.29) is 5.97 Å². The van der Waals surface area contributed by atoms with Crippen LogP contribution in [0.1, 0.15) is 206 Å². The molecule has 264 valence electrons. The lowest BCUT2D eigenvalue weighted by Crippen LogP contribution is -2.23. The van der Waals surface area contributed by atoms with Crippen molar-refractivity contribution in [3.63, 3.8) is 0 Å². The minimum absolute atomic E-state index is 0.0645. The molecule has 0 aromatic rings. The van der Waals surface area contributed by atoms with Gasteiger partial charge in [-0.1, -0.05) is 165 Å². The summed E-state index contributed by atoms with van der Waals surface area (Å²) < 4.78 is 7.68. The van der Waals surface area contributed by atoms with Gasteiger partial charge in [-0.15, -0.1) is 0 Å². The van der Waals surface area contributed by atoms with Crippen molar-refractivity contribution in [1.82, 2.24) is 0 Å². The molecule has 0 unspecified atom stereocenters. The van der Waals surface area contributed by atoms with Crippen LogP contribution < -0.4 is 0 Å². The van der Waals surface area contributed by atoms with E-state index in [0.29, 0.717) is 19.0 Å². The Labute approximate surface area is 287 Å². The van der Waals surface area contributed by atoms with Gasteiger partial charge in [0.2, 0.25) is 6.00 Å². The minimum atomic E-state index is -0.0645. The fraction of sp³-hybridized carbons (Fsp3) is 0.854. The van der Waals surface area contributed by atoms with Crippen LogP contribution in [0.4, 0.5) is 0 Å². The van der Waals surface area contributed by atoms with Crippen molar-refractivity contribution in [3.8, 4) is 0 Å². The zero-order valence-corrected chi connectivity index (χ0v) is 31.3. The summed E-state index contributed by atoms with van der Waals surface area (Å²) in [4.78, 5) is 12.3. The first-order chi connectivity index (χ1) is 22.2. The third kappa shape index (κ3) is 34.1. The number of ether oxygens (including phenoxy) is 1. The zero-order chi connectivity index (χ0) is 32.9. The van der Waals surface area contributed by atoms with E-state index < -0.39 is 0 Å². The monoisotopic (exact) mass is 651 g/mol. The number of alkyl halides is 1. The number of allylic oxidation sites excluding steroid dienone is 4. The first-order valence-corrected chi connectivity index (χ1v) is 20.3. The van der Waals surface area contributed by atoms with Gasteiger partial charge in [0.15, 0.2) is 12.3 Å². The first-order valence-electron chi connectivity index (χ1n) is 19.7. The Balaban J connectivity index is 3.69. The van der Waals surface area contributed by atoms with Gasteiger partial charge in [-0.3, -0.25) is 4.79 Å². The molecule has 0 aliphatic carbocycles. The highest BCUT2D eigenvalue weighted by molar-refractivity contribution is 6.17. The zero-order valence-electron chi connectivity index (χ0n) is 30.6. The number of esters is 1. The normalized spacial score (nSPS) is 12.4. The summed E-state index contributed by atoms with van der Waals surface area (Å²) in [7, 11) is 2.00. The standard InChI is InChI=1S/C41H77ClNO2/c1-4-6-8-10-12-14-16-18-20-21-23-24-26-28-30-32-34-36-40(43(3)39-42)38-45-41(44)37-35-33-31-29-27-25-22-19-17-15-13-11-9-7-5-2/h18-20,22H,4-17,21,23-39H2,1-3H3/q+1/b20-18+,22-19+,43-40-. The maximum atomic E-state index is 12.3. The van der Waals surface area contributed by atoms with Gasteiger partial charge >= 0.3 is 5.97 Å². The van der Waals surface area contributed by atoms with E-state index in [1.165, 1.54) is 161 Å². The van der Waals surface area contributed by atoms with Crippen LogP contribution in [-0.4, -0.2) is 35.9 Å². The molecule has 0 radical (unpaired) electrons. The molecule has 0 fully saturated rings. The molecule has 0 heterocycles. The average molecular weight is 652 g/mol. The topological polar surface area (TPSA) is 29.3 Å². The summed E-state index contributed by atoms with van der Waals surface area (Å²) >= 11 is 6.11. The molecule has 0 spiro atoms. The van der Waals surface area contributed by atoms with Gasteiger partial charge in [0.05, 0.1) is 0 Å². The number of unbranched alkanes of at least 4 members (excludes halogenated alkanes) is 24. The van der Waals surface area contributed by atoms with Crippen LogP contribution in [-0.2, 0) is 9.53 Å². The number of carbonyl (C=O) groups excluding carboxylic acids is 1. The number of nitrogens with zero attached hydrogens (tertiary/aromatic N) is 1. The molecule has 0 aliphatic heterocycles. The number of carbonyl (C=O) groups is 1. The quantitative estimate of drug-likeness (QED) is 0.0130. The Hall–Kier alpha value is -1.09. The smallest absolute Gasteiger partial charge is 0.306 e. The van der Waals surface area contributed by atoms with Crippen LogP contribution in [0.15, 0.2) is 24.3 Å². The van der Waals surface area contributed by atoms with Gasteiger partial charge in [-0.25, -0.2) is 4.58 Å². The third-order valence-corrected chi connectivity index (χ3v) is 9.35. The molecule has 0 aromatic heterocycles. The molecule has 0 saturated carbocycles. The fourth-order valence-electron chi connectivity index (χ4n) is 5.79. The van der Waals surface area contributed by atoms with E-state index in [1.807, 2.05) is 11.6 Å². The molecule has 0 bridgehead atoms. The molecule has 3 nitrogen and oxygen atoms in total. The number of halogens is 1. The summed E-state index contributed by atoms with van der Waals surface area (Å²) in [6.07, 6.45) is 47.4. The molecule has 0 amide bonds. The lowest BCUT2D eigenvalue weighted by Gasteiger charge is -2.08.